The van der Waals surface area contributed by atoms with Gasteiger partial charge in [0.1, 0.15) is 6.17 Å². The third kappa shape index (κ3) is 3.51. The Morgan fingerprint density at radius 2 is 1.83 bits per heavy atom. The van der Waals surface area contributed by atoms with Gasteiger partial charge in [-0.15, -0.1) is 0 Å². The molecule has 0 fully saturated rings. The molecule has 0 N–H and O–H groups in total. The third-order valence-electron chi connectivity index (χ3n) is 1.50. The van der Waals surface area contributed by atoms with Crippen LogP contribution in [0.25, 0.3) is 0 Å². The number of rotatable bonds is 1. The van der Waals surface area contributed by atoms with Crippen molar-refractivity contribution in [2.24, 2.45) is 0 Å². The van der Waals surface area contributed by atoms with E-state index in [0.717, 1.165) is 11.1 Å². The molecule has 1 atom stereocenters. The lowest BCUT2D eigenvalue weighted by Gasteiger charge is -2.01. The van der Waals surface area contributed by atoms with Gasteiger partial charge >= 0.3 is 0 Å². The van der Waals surface area contributed by atoms with Crippen LogP contribution in [0.4, 0.5) is 4.39 Å². The van der Waals surface area contributed by atoms with Crippen molar-refractivity contribution in [3.05, 3.63) is 35.4 Å². The lowest BCUT2D eigenvalue weighted by atomic mass is 10.1. The standard InChI is InChI=1S/C9H11F.C2H6/c1-7-4-3-5-9(6-7)8(2)10;1-2/h3-6,8H,1-2H3;1-2H3. The van der Waals surface area contributed by atoms with E-state index in [1.807, 2.05) is 39.0 Å². The van der Waals surface area contributed by atoms with Crippen molar-refractivity contribution in [3.8, 4) is 0 Å². The second kappa shape index (κ2) is 5.76. The summed E-state index contributed by atoms with van der Waals surface area (Å²) >= 11 is 0. The largest absolute Gasteiger partial charge is 0.243 e. The minimum Gasteiger partial charge on any atom is -0.243 e. The molecule has 0 amide bonds. The molecule has 0 spiro atoms. The fraction of sp³-hybridized carbons (Fsp3) is 0.455. The summed E-state index contributed by atoms with van der Waals surface area (Å²) < 4.78 is 12.6. The summed E-state index contributed by atoms with van der Waals surface area (Å²) in [6, 6.07) is 7.51. The molecule has 1 unspecified atom stereocenters. The number of hydrogen-bond acceptors (Lipinski definition) is 0. The number of benzene rings is 1. The van der Waals surface area contributed by atoms with Crippen LogP contribution < -0.4 is 0 Å². The van der Waals surface area contributed by atoms with Crippen molar-refractivity contribution >= 4 is 0 Å². The summed E-state index contributed by atoms with van der Waals surface area (Å²) in [5.74, 6) is 0. The lowest BCUT2D eigenvalue weighted by Crippen LogP contribution is -1.84. The quantitative estimate of drug-likeness (QED) is 0.593. The monoisotopic (exact) mass is 168 g/mol. The van der Waals surface area contributed by atoms with E-state index in [1.165, 1.54) is 0 Å². The zero-order valence-electron chi connectivity index (χ0n) is 8.26. The minimum absolute atomic E-state index is 0.764. The van der Waals surface area contributed by atoms with E-state index >= 15 is 0 Å². The van der Waals surface area contributed by atoms with Crippen molar-refractivity contribution < 1.29 is 4.39 Å². The van der Waals surface area contributed by atoms with E-state index in [1.54, 1.807) is 13.0 Å². The Balaban J connectivity index is 0.000000561. The maximum Gasteiger partial charge on any atom is 0.122 e. The summed E-state index contributed by atoms with van der Waals surface area (Å²) in [7, 11) is 0. The molecule has 0 heterocycles. The number of halogens is 1. The van der Waals surface area contributed by atoms with Crippen LogP contribution in [-0.2, 0) is 0 Å². The molecule has 1 aromatic carbocycles. The summed E-state index contributed by atoms with van der Waals surface area (Å²) in [4.78, 5) is 0. The van der Waals surface area contributed by atoms with Crippen LogP contribution in [0.15, 0.2) is 24.3 Å². The smallest absolute Gasteiger partial charge is 0.122 e. The Morgan fingerprint density at radius 3 is 2.17 bits per heavy atom. The van der Waals surface area contributed by atoms with Gasteiger partial charge in [0.05, 0.1) is 0 Å². The maximum absolute atomic E-state index is 12.6. The van der Waals surface area contributed by atoms with Gasteiger partial charge in [0.15, 0.2) is 0 Å². The molecular weight excluding hydrogens is 151 g/mol. The Morgan fingerprint density at radius 1 is 1.25 bits per heavy atom. The Hall–Kier alpha value is -0.850. The van der Waals surface area contributed by atoms with Gasteiger partial charge in [-0.3, -0.25) is 0 Å². The molecule has 0 saturated heterocycles. The van der Waals surface area contributed by atoms with E-state index in [0.29, 0.717) is 0 Å². The molecule has 0 radical (unpaired) electrons. The average Bonchev–Trinajstić information content (AvgIpc) is 2.08. The molecule has 0 aliphatic carbocycles. The van der Waals surface area contributed by atoms with Crippen molar-refractivity contribution in [1.82, 2.24) is 0 Å². The number of aryl methyl sites for hydroxylation is 1. The van der Waals surface area contributed by atoms with Gasteiger partial charge in [0.25, 0.3) is 0 Å². The molecule has 0 aliphatic rings. The summed E-state index contributed by atoms with van der Waals surface area (Å²) in [6.07, 6.45) is -0.847. The first-order valence-corrected chi connectivity index (χ1v) is 4.41. The van der Waals surface area contributed by atoms with Crippen LogP contribution >= 0.6 is 0 Å². The first kappa shape index (κ1) is 11.2. The van der Waals surface area contributed by atoms with Crippen LogP contribution in [0.1, 0.15) is 38.1 Å². The Bertz CT molecular complexity index is 216. The third-order valence-corrected chi connectivity index (χ3v) is 1.50. The molecule has 1 rings (SSSR count). The van der Waals surface area contributed by atoms with Gasteiger partial charge < -0.3 is 0 Å². The van der Waals surface area contributed by atoms with Crippen LogP contribution in [0, 0.1) is 6.92 Å². The van der Waals surface area contributed by atoms with E-state index in [4.69, 9.17) is 0 Å². The molecule has 0 aliphatic heterocycles. The molecule has 1 heteroatoms. The molecular formula is C11H17F. The predicted octanol–water partition coefficient (Wildman–Crippen LogP) is 4.05. The van der Waals surface area contributed by atoms with E-state index < -0.39 is 6.17 Å². The Kier molecular flexibility index (Phi) is 5.35. The normalized spacial score (nSPS) is 11.4. The van der Waals surface area contributed by atoms with Crippen LogP contribution in [0.2, 0.25) is 0 Å². The molecule has 0 bridgehead atoms. The average molecular weight is 168 g/mol. The van der Waals surface area contributed by atoms with E-state index in [-0.39, 0.29) is 0 Å². The zero-order chi connectivity index (χ0) is 9.56. The highest BCUT2D eigenvalue weighted by Crippen LogP contribution is 2.16. The highest BCUT2D eigenvalue weighted by atomic mass is 19.1. The van der Waals surface area contributed by atoms with E-state index in [2.05, 4.69) is 0 Å². The fourth-order valence-electron chi connectivity index (χ4n) is 0.918. The first-order valence-electron chi connectivity index (χ1n) is 4.41. The lowest BCUT2D eigenvalue weighted by molar-refractivity contribution is 0.374. The van der Waals surface area contributed by atoms with Crippen LogP contribution in [0.5, 0.6) is 0 Å². The highest BCUT2D eigenvalue weighted by molar-refractivity contribution is 5.23. The number of hydrogen-bond donors (Lipinski definition) is 0. The van der Waals surface area contributed by atoms with Crippen LogP contribution in [0.3, 0.4) is 0 Å². The van der Waals surface area contributed by atoms with Gasteiger partial charge in [0, 0.05) is 0 Å². The van der Waals surface area contributed by atoms with Crippen LogP contribution in [-0.4, -0.2) is 0 Å². The van der Waals surface area contributed by atoms with Gasteiger partial charge in [-0.1, -0.05) is 43.7 Å². The predicted molar refractivity (Wildman–Crippen MR) is 52.1 cm³/mol. The maximum atomic E-state index is 12.6. The molecule has 0 aromatic heterocycles. The minimum atomic E-state index is -0.847. The van der Waals surface area contributed by atoms with Gasteiger partial charge in [0.2, 0.25) is 0 Å². The van der Waals surface area contributed by atoms with Crippen molar-refractivity contribution in [2.45, 2.75) is 33.9 Å². The molecule has 1 aromatic rings. The summed E-state index contributed by atoms with van der Waals surface area (Å²) in [6.45, 7) is 7.51. The topological polar surface area (TPSA) is 0 Å². The summed E-state index contributed by atoms with van der Waals surface area (Å²) in [5, 5.41) is 0. The van der Waals surface area contributed by atoms with Gasteiger partial charge in [-0.25, -0.2) is 4.39 Å². The fourth-order valence-corrected chi connectivity index (χ4v) is 0.918. The first-order chi connectivity index (χ1) is 5.70. The summed E-state index contributed by atoms with van der Waals surface area (Å²) in [5.41, 5.74) is 1.88. The SMILES string of the molecule is CC.Cc1cccc(C(C)F)c1. The highest BCUT2D eigenvalue weighted by Gasteiger charge is 2.00. The molecule has 68 valence electrons. The van der Waals surface area contributed by atoms with E-state index in [9.17, 15) is 4.39 Å². The van der Waals surface area contributed by atoms with Crippen molar-refractivity contribution in [3.63, 3.8) is 0 Å². The van der Waals surface area contributed by atoms with Crippen molar-refractivity contribution in [2.75, 3.05) is 0 Å². The number of alkyl halides is 1. The van der Waals surface area contributed by atoms with Gasteiger partial charge in [-0.05, 0) is 19.4 Å². The zero-order valence-corrected chi connectivity index (χ0v) is 8.26. The van der Waals surface area contributed by atoms with Gasteiger partial charge in [-0.2, -0.15) is 0 Å². The molecule has 12 heavy (non-hydrogen) atoms. The second-order valence-electron chi connectivity index (χ2n) is 2.53. The van der Waals surface area contributed by atoms with Crippen molar-refractivity contribution in [1.29, 1.82) is 0 Å². The molecule has 0 nitrogen and oxygen atoms in total. The molecule has 0 saturated carbocycles. The second-order valence-corrected chi connectivity index (χ2v) is 2.53. The Labute approximate surface area is 74.4 Å².